The van der Waals surface area contributed by atoms with Crippen LogP contribution in [0, 0.1) is 5.92 Å². The SMILES string of the molecule is CC(C)C(NS(C)(=O)=O)c1nnc2n1CCNCC2. The monoisotopic (exact) mass is 287 g/mol. The highest BCUT2D eigenvalue weighted by molar-refractivity contribution is 7.88. The largest absolute Gasteiger partial charge is 0.315 e. The highest BCUT2D eigenvalue weighted by atomic mass is 32.2. The average molecular weight is 287 g/mol. The lowest BCUT2D eigenvalue weighted by molar-refractivity contribution is 0.425. The van der Waals surface area contributed by atoms with E-state index in [9.17, 15) is 8.42 Å². The summed E-state index contributed by atoms with van der Waals surface area (Å²) < 4.78 is 27.7. The molecule has 1 atom stereocenters. The number of fused-ring (bicyclic) bond motifs is 1. The Kier molecular flexibility index (Phi) is 4.22. The van der Waals surface area contributed by atoms with Gasteiger partial charge in [-0.25, -0.2) is 13.1 Å². The number of nitrogens with zero attached hydrogens (tertiary/aromatic N) is 3. The first-order chi connectivity index (χ1) is 8.88. The molecule has 2 heterocycles. The van der Waals surface area contributed by atoms with Crippen LogP contribution in [0.3, 0.4) is 0 Å². The summed E-state index contributed by atoms with van der Waals surface area (Å²) in [6, 6.07) is -0.339. The predicted molar refractivity (Wildman–Crippen MR) is 72.2 cm³/mol. The van der Waals surface area contributed by atoms with Gasteiger partial charge in [0.05, 0.1) is 12.3 Å². The molecule has 108 valence electrons. The van der Waals surface area contributed by atoms with E-state index in [1.54, 1.807) is 0 Å². The van der Waals surface area contributed by atoms with E-state index in [4.69, 9.17) is 0 Å². The number of aromatic nitrogens is 3. The number of rotatable bonds is 4. The summed E-state index contributed by atoms with van der Waals surface area (Å²) in [5.41, 5.74) is 0. The minimum Gasteiger partial charge on any atom is -0.315 e. The van der Waals surface area contributed by atoms with Crippen molar-refractivity contribution in [2.75, 3.05) is 19.3 Å². The predicted octanol–water partition coefficient (Wildman–Crippen LogP) is -0.330. The van der Waals surface area contributed by atoms with Crippen molar-refractivity contribution in [3.63, 3.8) is 0 Å². The van der Waals surface area contributed by atoms with Gasteiger partial charge in [0.1, 0.15) is 5.82 Å². The molecule has 1 aliphatic heterocycles. The van der Waals surface area contributed by atoms with E-state index in [0.717, 1.165) is 31.9 Å². The number of nitrogens with one attached hydrogen (secondary N) is 2. The summed E-state index contributed by atoms with van der Waals surface area (Å²) in [4.78, 5) is 0. The summed E-state index contributed by atoms with van der Waals surface area (Å²) in [5.74, 6) is 1.74. The second-order valence-corrected chi connectivity index (χ2v) is 7.02. The molecule has 19 heavy (non-hydrogen) atoms. The van der Waals surface area contributed by atoms with Crippen molar-refractivity contribution >= 4 is 10.0 Å². The van der Waals surface area contributed by atoms with Crippen molar-refractivity contribution in [3.8, 4) is 0 Å². The molecule has 7 nitrogen and oxygen atoms in total. The van der Waals surface area contributed by atoms with Crippen molar-refractivity contribution in [1.29, 1.82) is 0 Å². The molecule has 1 aromatic rings. The molecular weight excluding hydrogens is 266 g/mol. The third kappa shape index (κ3) is 3.52. The highest BCUT2D eigenvalue weighted by Crippen LogP contribution is 2.22. The van der Waals surface area contributed by atoms with Gasteiger partial charge in [-0.15, -0.1) is 10.2 Å². The van der Waals surface area contributed by atoms with Gasteiger partial charge in [0.15, 0.2) is 5.82 Å². The van der Waals surface area contributed by atoms with Crippen LogP contribution >= 0.6 is 0 Å². The second-order valence-electron chi connectivity index (χ2n) is 5.24. The topological polar surface area (TPSA) is 88.9 Å². The van der Waals surface area contributed by atoms with Crippen LogP contribution in [0.1, 0.15) is 31.5 Å². The van der Waals surface area contributed by atoms with Crippen LogP contribution in [-0.4, -0.2) is 42.5 Å². The van der Waals surface area contributed by atoms with Crippen LogP contribution in [0.15, 0.2) is 0 Å². The fourth-order valence-electron chi connectivity index (χ4n) is 2.24. The average Bonchev–Trinajstić information content (AvgIpc) is 2.54. The fourth-order valence-corrected chi connectivity index (χ4v) is 3.08. The Balaban J connectivity index is 2.34. The Hall–Kier alpha value is -0.990. The van der Waals surface area contributed by atoms with E-state index in [1.807, 2.05) is 18.4 Å². The molecule has 0 radical (unpaired) electrons. The van der Waals surface area contributed by atoms with E-state index in [1.165, 1.54) is 6.26 Å². The number of hydrogen-bond acceptors (Lipinski definition) is 5. The van der Waals surface area contributed by atoms with Gasteiger partial charge in [-0.05, 0) is 5.92 Å². The highest BCUT2D eigenvalue weighted by Gasteiger charge is 2.27. The van der Waals surface area contributed by atoms with E-state index in [0.29, 0.717) is 5.82 Å². The Morgan fingerprint density at radius 2 is 2.05 bits per heavy atom. The molecule has 8 heteroatoms. The van der Waals surface area contributed by atoms with Gasteiger partial charge in [0.2, 0.25) is 10.0 Å². The first-order valence-electron chi connectivity index (χ1n) is 6.48. The third-order valence-electron chi connectivity index (χ3n) is 3.18. The minimum atomic E-state index is -3.28. The number of hydrogen-bond donors (Lipinski definition) is 2. The lowest BCUT2D eigenvalue weighted by atomic mass is 10.1. The van der Waals surface area contributed by atoms with E-state index >= 15 is 0 Å². The Labute approximate surface area is 113 Å². The molecule has 0 fully saturated rings. The Morgan fingerprint density at radius 1 is 1.32 bits per heavy atom. The lowest BCUT2D eigenvalue weighted by Crippen LogP contribution is -2.33. The third-order valence-corrected chi connectivity index (χ3v) is 3.86. The molecule has 1 aromatic heterocycles. The van der Waals surface area contributed by atoms with Crippen molar-refractivity contribution < 1.29 is 8.42 Å². The van der Waals surface area contributed by atoms with Gasteiger partial charge in [-0.1, -0.05) is 13.8 Å². The van der Waals surface area contributed by atoms with Crippen molar-refractivity contribution in [2.45, 2.75) is 32.9 Å². The first-order valence-corrected chi connectivity index (χ1v) is 8.37. The van der Waals surface area contributed by atoms with Crippen LogP contribution in [0.25, 0.3) is 0 Å². The molecule has 0 saturated heterocycles. The Morgan fingerprint density at radius 3 is 2.68 bits per heavy atom. The molecule has 2 N–H and O–H groups in total. The molecule has 1 unspecified atom stereocenters. The van der Waals surface area contributed by atoms with Crippen LogP contribution in [0.5, 0.6) is 0 Å². The van der Waals surface area contributed by atoms with Gasteiger partial charge < -0.3 is 9.88 Å². The minimum absolute atomic E-state index is 0.110. The first kappa shape index (κ1) is 14.4. The van der Waals surface area contributed by atoms with E-state index < -0.39 is 10.0 Å². The van der Waals surface area contributed by atoms with Crippen LogP contribution < -0.4 is 10.0 Å². The zero-order chi connectivity index (χ0) is 14.0. The van der Waals surface area contributed by atoms with Crippen molar-refractivity contribution in [3.05, 3.63) is 11.6 Å². The quantitative estimate of drug-likeness (QED) is 0.791. The maximum atomic E-state index is 11.5. The zero-order valence-corrected chi connectivity index (χ0v) is 12.4. The van der Waals surface area contributed by atoms with E-state index in [-0.39, 0.29) is 12.0 Å². The molecule has 0 amide bonds. The normalized spacial score (nSPS) is 18.1. The van der Waals surface area contributed by atoms with Gasteiger partial charge in [0.25, 0.3) is 0 Å². The molecular formula is C11H21N5O2S. The molecule has 2 rings (SSSR count). The summed E-state index contributed by atoms with van der Waals surface area (Å²) >= 11 is 0. The van der Waals surface area contributed by atoms with E-state index in [2.05, 4.69) is 20.2 Å². The molecule has 0 spiro atoms. The van der Waals surface area contributed by atoms with Crippen molar-refractivity contribution in [1.82, 2.24) is 24.8 Å². The van der Waals surface area contributed by atoms with Gasteiger partial charge in [0, 0.05) is 26.1 Å². The lowest BCUT2D eigenvalue weighted by Gasteiger charge is -2.21. The fraction of sp³-hybridized carbons (Fsp3) is 0.818. The zero-order valence-electron chi connectivity index (χ0n) is 11.5. The molecule has 0 aromatic carbocycles. The number of sulfonamides is 1. The summed E-state index contributed by atoms with van der Waals surface area (Å²) in [5, 5.41) is 11.7. The maximum Gasteiger partial charge on any atom is 0.209 e. The van der Waals surface area contributed by atoms with Crippen molar-refractivity contribution in [2.24, 2.45) is 5.92 Å². The summed E-state index contributed by atoms with van der Waals surface area (Å²) in [7, 11) is -3.28. The van der Waals surface area contributed by atoms with Gasteiger partial charge in [-0.2, -0.15) is 0 Å². The van der Waals surface area contributed by atoms with Crippen LogP contribution in [0.2, 0.25) is 0 Å². The standard InChI is InChI=1S/C11H21N5O2S/c1-8(2)10(15-19(3,17)18)11-14-13-9-4-5-12-6-7-16(9)11/h8,10,12,15H,4-7H2,1-3H3. The molecule has 0 bridgehead atoms. The van der Waals surface area contributed by atoms with Crippen LogP contribution in [-0.2, 0) is 23.0 Å². The Bertz CT molecular complexity index is 537. The molecule has 0 aliphatic carbocycles. The second kappa shape index (κ2) is 5.56. The van der Waals surface area contributed by atoms with Gasteiger partial charge in [-0.3, -0.25) is 0 Å². The maximum absolute atomic E-state index is 11.5. The van der Waals surface area contributed by atoms with Gasteiger partial charge >= 0.3 is 0 Å². The molecule has 1 aliphatic rings. The summed E-state index contributed by atoms with van der Waals surface area (Å²) in [6.07, 6.45) is 1.99. The smallest absolute Gasteiger partial charge is 0.209 e. The van der Waals surface area contributed by atoms with Crippen LogP contribution in [0.4, 0.5) is 0 Å². The molecule has 0 saturated carbocycles. The summed E-state index contributed by atoms with van der Waals surface area (Å²) in [6.45, 7) is 6.44.